The molecular weight excluding hydrogens is 252 g/mol. The zero-order valence-corrected chi connectivity index (χ0v) is 12.6. The second-order valence-electron chi connectivity index (χ2n) is 6.25. The Labute approximate surface area is 122 Å². The van der Waals surface area contributed by atoms with Crippen molar-refractivity contribution in [1.29, 1.82) is 0 Å². The number of rotatable bonds is 6. The lowest BCUT2D eigenvalue weighted by Gasteiger charge is -2.30. The van der Waals surface area contributed by atoms with Gasteiger partial charge < -0.3 is 10.2 Å². The molecule has 0 aromatic rings. The van der Waals surface area contributed by atoms with Crippen molar-refractivity contribution in [2.45, 2.75) is 89.3 Å². The van der Waals surface area contributed by atoms with Crippen molar-refractivity contribution in [2.24, 2.45) is 0 Å². The standard InChI is InChI=1S/C16H30N2O2/c1-2-15(19)17-14-10-8-12(9-11-14)16(20)18-13-6-4-3-5-7-13/h8,13-20H,2-7,9-11H2,1H3. The summed E-state index contributed by atoms with van der Waals surface area (Å²) >= 11 is 0. The van der Waals surface area contributed by atoms with Crippen LogP contribution in [0.1, 0.15) is 64.7 Å². The van der Waals surface area contributed by atoms with Crippen LogP contribution in [-0.2, 0) is 0 Å². The van der Waals surface area contributed by atoms with Crippen molar-refractivity contribution < 1.29 is 10.2 Å². The van der Waals surface area contributed by atoms with E-state index in [4.69, 9.17) is 0 Å². The Bertz CT molecular complexity index is 314. The van der Waals surface area contributed by atoms with Gasteiger partial charge >= 0.3 is 0 Å². The second kappa shape index (κ2) is 8.13. The van der Waals surface area contributed by atoms with E-state index in [2.05, 4.69) is 16.7 Å². The summed E-state index contributed by atoms with van der Waals surface area (Å²) < 4.78 is 0. The molecule has 0 saturated heterocycles. The van der Waals surface area contributed by atoms with Crippen LogP contribution in [0, 0.1) is 0 Å². The fraction of sp³-hybridized carbons (Fsp3) is 0.875. The Morgan fingerprint density at radius 1 is 1.10 bits per heavy atom. The molecule has 2 aliphatic carbocycles. The minimum atomic E-state index is -0.477. The highest BCUT2D eigenvalue weighted by atomic mass is 16.3. The van der Waals surface area contributed by atoms with Crippen molar-refractivity contribution in [3.63, 3.8) is 0 Å². The fourth-order valence-electron chi connectivity index (χ4n) is 3.24. The average molecular weight is 282 g/mol. The highest BCUT2D eigenvalue weighted by Crippen LogP contribution is 2.23. The Hall–Kier alpha value is -0.420. The third-order valence-corrected chi connectivity index (χ3v) is 4.61. The van der Waals surface area contributed by atoms with E-state index in [0.717, 1.165) is 31.3 Å². The summed E-state index contributed by atoms with van der Waals surface area (Å²) in [5.41, 5.74) is 1.12. The van der Waals surface area contributed by atoms with Crippen LogP contribution in [0.4, 0.5) is 0 Å². The van der Waals surface area contributed by atoms with Gasteiger partial charge in [0.05, 0.1) is 0 Å². The second-order valence-corrected chi connectivity index (χ2v) is 6.25. The summed E-state index contributed by atoms with van der Waals surface area (Å²) in [6, 6.07) is 0.827. The van der Waals surface area contributed by atoms with E-state index in [9.17, 15) is 10.2 Å². The molecule has 20 heavy (non-hydrogen) atoms. The normalized spacial score (nSPS) is 27.9. The largest absolute Gasteiger partial charge is 0.379 e. The van der Waals surface area contributed by atoms with Crippen LogP contribution in [0.5, 0.6) is 0 Å². The zero-order chi connectivity index (χ0) is 14.4. The zero-order valence-electron chi connectivity index (χ0n) is 12.6. The minimum Gasteiger partial charge on any atom is -0.379 e. The van der Waals surface area contributed by atoms with Gasteiger partial charge in [0.25, 0.3) is 0 Å². The van der Waals surface area contributed by atoms with E-state index >= 15 is 0 Å². The lowest BCUT2D eigenvalue weighted by Crippen LogP contribution is -2.43. The monoisotopic (exact) mass is 282 g/mol. The molecule has 0 aliphatic heterocycles. The molecule has 0 amide bonds. The van der Waals surface area contributed by atoms with Gasteiger partial charge in [-0.15, -0.1) is 0 Å². The molecule has 0 spiro atoms. The molecule has 2 rings (SSSR count). The molecule has 0 radical (unpaired) electrons. The SMILES string of the molecule is CCC(O)NC1CC=C(C(O)NC2CCCCC2)CC1. The summed E-state index contributed by atoms with van der Waals surface area (Å²) in [5.74, 6) is 0. The number of aliphatic hydroxyl groups is 2. The molecule has 4 heteroatoms. The van der Waals surface area contributed by atoms with Crippen LogP contribution in [0.15, 0.2) is 11.6 Å². The van der Waals surface area contributed by atoms with Crippen LogP contribution in [0.2, 0.25) is 0 Å². The van der Waals surface area contributed by atoms with Crippen molar-refractivity contribution in [3.05, 3.63) is 11.6 Å². The Morgan fingerprint density at radius 3 is 2.45 bits per heavy atom. The van der Waals surface area contributed by atoms with E-state index in [0.29, 0.717) is 12.1 Å². The third kappa shape index (κ3) is 4.85. The topological polar surface area (TPSA) is 64.5 Å². The highest BCUT2D eigenvalue weighted by Gasteiger charge is 2.22. The van der Waals surface area contributed by atoms with Crippen molar-refractivity contribution in [3.8, 4) is 0 Å². The van der Waals surface area contributed by atoms with E-state index in [-0.39, 0.29) is 0 Å². The Kier molecular flexibility index (Phi) is 6.49. The van der Waals surface area contributed by atoms with E-state index < -0.39 is 12.5 Å². The van der Waals surface area contributed by atoms with Crippen LogP contribution >= 0.6 is 0 Å². The molecule has 3 atom stereocenters. The summed E-state index contributed by atoms with van der Waals surface area (Å²) in [5, 5.41) is 26.5. The van der Waals surface area contributed by atoms with Gasteiger partial charge in [0.2, 0.25) is 0 Å². The molecule has 4 nitrogen and oxygen atoms in total. The van der Waals surface area contributed by atoms with Crippen molar-refractivity contribution in [1.82, 2.24) is 10.6 Å². The predicted octanol–water partition coefficient (Wildman–Crippen LogP) is 2.02. The summed E-state index contributed by atoms with van der Waals surface area (Å²) in [7, 11) is 0. The van der Waals surface area contributed by atoms with E-state index in [1.165, 1.54) is 32.1 Å². The maximum atomic E-state index is 10.3. The molecule has 0 bridgehead atoms. The quantitative estimate of drug-likeness (QED) is 0.444. The molecule has 4 N–H and O–H groups in total. The minimum absolute atomic E-state index is 0.343. The van der Waals surface area contributed by atoms with E-state index in [1.54, 1.807) is 0 Å². The molecule has 0 aromatic carbocycles. The number of aliphatic hydroxyl groups excluding tert-OH is 2. The predicted molar refractivity (Wildman–Crippen MR) is 81.2 cm³/mol. The lowest BCUT2D eigenvalue weighted by molar-refractivity contribution is 0.111. The first-order chi connectivity index (χ1) is 9.69. The van der Waals surface area contributed by atoms with Crippen molar-refractivity contribution in [2.75, 3.05) is 0 Å². The van der Waals surface area contributed by atoms with Gasteiger partial charge in [0.15, 0.2) is 0 Å². The van der Waals surface area contributed by atoms with Crippen molar-refractivity contribution >= 4 is 0 Å². The third-order valence-electron chi connectivity index (χ3n) is 4.61. The molecule has 1 fully saturated rings. The van der Waals surface area contributed by atoms with Gasteiger partial charge in [-0.05, 0) is 44.1 Å². The molecule has 2 aliphatic rings. The number of hydrogen-bond donors (Lipinski definition) is 4. The average Bonchev–Trinajstić information content (AvgIpc) is 2.49. The maximum Gasteiger partial charge on any atom is 0.127 e. The van der Waals surface area contributed by atoms with Gasteiger partial charge in [-0.1, -0.05) is 32.3 Å². The molecule has 116 valence electrons. The molecule has 1 saturated carbocycles. The van der Waals surface area contributed by atoms with Gasteiger partial charge in [-0.2, -0.15) is 0 Å². The first-order valence-corrected chi connectivity index (χ1v) is 8.26. The number of hydrogen-bond acceptors (Lipinski definition) is 4. The van der Waals surface area contributed by atoms with Crippen LogP contribution in [0.25, 0.3) is 0 Å². The molecular formula is C16H30N2O2. The number of nitrogens with one attached hydrogen (secondary N) is 2. The highest BCUT2D eigenvalue weighted by molar-refractivity contribution is 5.12. The Balaban J connectivity index is 1.75. The van der Waals surface area contributed by atoms with Crippen LogP contribution in [-0.4, -0.2) is 34.8 Å². The van der Waals surface area contributed by atoms with Gasteiger partial charge in [-0.25, -0.2) is 0 Å². The van der Waals surface area contributed by atoms with Gasteiger partial charge in [0, 0.05) is 12.1 Å². The summed E-state index contributed by atoms with van der Waals surface area (Å²) in [6.45, 7) is 1.97. The van der Waals surface area contributed by atoms with Gasteiger partial charge in [0.1, 0.15) is 12.5 Å². The summed E-state index contributed by atoms with van der Waals surface area (Å²) in [4.78, 5) is 0. The maximum absolute atomic E-state index is 10.3. The summed E-state index contributed by atoms with van der Waals surface area (Å²) in [6.07, 6.45) is 11.1. The van der Waals surface area contributed by atoms with Crippen LogP contribution in [0.3, 0.4) is 0 Å². The van der Waals surface area contributed by atoms with Gasteiger partial charge in [-0.3, -0.25) is 10.6 Å². The molecule has 0 aromatic heterocycles. The molecule has 3 unspecified atom stereocenters. The van der Waals surface area contributed by atoms with E-state index in [1.807, 2.05) is 6.92 Å². The first kappa shape index (κ1) is 16.0. The fourth-order valence-corrected chi connectivity index (χ4v) is 3.24. The first-order valence-electron chi connectivity index (χ1n) is 8.26. The smallest absolute Gasteiger partial charge is 0.127 e. The van der Waals surface area contributed by atoms with Crippen LogP contribution < -0.4 is 10.6 Å². The lowest BCUT2D eigenvalue weighted by atomic mass is 9.92. The Morgan fingerprint density at radius 2 is 1.85 bits per heavy atom. The molecule has 0 heterocycles.